The molecular weight excluding hydrogens is 621 g/mol. The summed E-state index contributed by atoms with van der Waals surface area (Å²) in [6.07, 6.45) is 0. The molecule has 0 saturated heterocycles. The lowest BCUT2D eigenvalue weighted by atomic mass is 9.95. The minimum Gasteiger partial charge on any atom is -0.456 e. The predicted octanol–water partition coefficient (Wildman–Crippen LogP) is 12.9. The van der Waals surface area contributed by atoms with Gasteiger partial charge in [0.15, 0.2) is 0 Å². The van der Waals surface area contributed by atoms with Gasteiger partial charge in [-0.25, -0.2) is 0 Å². The van der Waals surface area contributed by atoms with E-state index in [0.717, 1.165) is 44.5 Å². The van der Waals surface area contributed by atoms with Crippen LogP contribution in [0.1, 0.15) is 0 Å². The minimum atomic E-state index is -0.0339. The van der Waals surface area contributed by atoms with E-state index in [1.165, 1.54) is 22.3 Å². The summed E-state index contributed by atoms with van der Waals surface area (Å²) in [6.45, 7) is 0. The number of hydrogen-bond acceptors (Lipinski definition) is 2. The van der Waals surface area contributed by atoms with E-state index in [-0.39, 0.29) is 5.43 Å². The molecule has 0 fully saturated rings. The Morgan fingerprint density at radius 1 is 0.255 bits per heavy atom. The molecule has 240 valence electrons. The van der Waals surface area contributed by atoms with Crippen molar-refractivity contribution in [2.75, 3.05) is 0 Å². The standard InChI is InChI=1S/C49H32O2/c50-49-45-31-43(41-21-9-19-39(29-41)37-17-7-15-35(27-37)33-11-3-1-4-12-33)23-25-47(45)51-48-26-24-44(32-46(48)49)42-22-10-20-40(30-42)38-18-8-16-36(28-38)34-13-5-2-6-14-34/h1-32H. The average molecular weight is 653 g/mol. The van der Waals surface area contributed by atoms with Crippen molar-refractivity contribution in [2.45, 2.75) is 0 Å². The van der Waals surface area contributed by atoms with E-state index >= 15 is 0 Å². The van der Waals surface area contributed by atoms with E-state index in [9.17, 15) is 4.79 Å². The van der Waals surface area contributed by atoms with E-state index in [4.69, 9.17) is 4.42 Å². The molecule has 0 unspecified atom stereocenters. The lowest BCUT2D eigenvalue weighted by molar-refractivity contribution is 0.660. The van der Waals surface area contributed by atoms with Crippen molar-refractivity contribution in [3.05, 3.63) is 204 Å². The molecule has 0 N–H and O–H groups in total. The van der Waals surface area contributed by atoms with Crippen molar-refractivity contribution in [1.82, 2.24) is 0 Å². The summed E-state index contributed by atoms with van der Waals surface area (Å²) < 4.78 is 6.31. The second-order valence-electron chi connectivity index (χ2n) is 12.9. The number of fused-ring (bicyclic) bond motifs is 2. The van der Waals surface area contributed by atoms with Gasteiger partial charge in [0, 0.05) is 0 Å². The summed E-state index contributed by atoms with van der Waals surface area (Å²) in [6, 6.07) is 66.9. The maximum Gasteiger partial charge on any atom is 0.200 e. The molecule has 2 heteroatoms. The van der Waals surface area contributed by atoms with Crippen LogP contribution in [-0.4, -0.2) is 0 Å². The largest absolute Gasteiger partial charge is 0.456 e. The quantitative estimate of drug-likeness (QED) is 0.167. The Balaban J connectivity index is 1.06. The highest BCUT2D eigenvalue weighted by Gasteiger charge is 2.13. The molecule has 0 aliphatic carbocycles. The van der Waals surface area contributed by atoms with Crippen LogP contribution in [0.5, 0.6) is 0 Å². The number of rotatable bonds is 6. The second kappa shape index (κ2) is 12.9. The van der Waals surface area contributed by atoms with Crippen molar-refractivity contribution < 1.29 is 4.42 Å². The normalized spacial score (nSPS) is 11.2. The first-order valence-electron chi connectivity index (χ1n) is 17.2. The first kappa shape index (κ1) is 30.3. The van der Waals surface area contributed by atoms with Gasteiger partial charge in [0.1, 0.15) is 11.2 Å². The van der Waals surface area contributed by atoms with Crippen molar-refractivity contribution >= 4 is 21.9 Å². The zero-order chi connectivity index (χ0) is 34.1. The van der Waals surface area contributed by atoms with E-state index in [0.29, 0.717) is 21.9 Å². The van der Waals surface area contributed by atoms with Gasteiger partial charge in [0.2, 0.25) is 5.43 Å². The van der Waals surface area contributed by atoms with Gasteiger partial charge in [-0.2, -0.15) is 0 Å². The van der Waals surface area contributed by atoms with Gasteiger partial charge in [-0.3, -0.25) is 4.79 Å². The topological polar surface area (TPSA) is 30.2 Å². The number of benzene rings is 8. The van der Waals surface area contributed by atoms with Crippen LogP contribution in [0.15, 0.2) is 203 Å². The monoisotopic (exact) mass is 652 g/mol. The summed E-state index contributed by atoms with van der Waals surface area (Å²) in [5.41, 5.74) is 14.4. The fraction of sp³-hybridized carbons (Fsp3) is 0. The Kier molecular flexibility index (Phi) is 7.68. The highest BCUT2D eigenvalue weighted by Crippen LogP contribution is 2.33. The van der Waals surface area contributed by atoms with E-state index in [1.807, 2.05) is 48.5 Å². The third-order valence-electron chi connectivity index (χ3n) is 9.67. The zero-order valence-electron chi connectivity index (χ0n) is 27.8. The van der Waals surface area contributed by atoms with Gasteiger partial charge in [-0.15, -0.1) is 0 Å². The smallest absolute Gasteiger partial charge is 0.200 e. The van der Waals surface area contributed by atoms with Crippen LogP contribution in [-0.2, 0) is 0 Å². The number of hydrogen-bond donors (Lipinski definition) is 0. The molecule has 0 aliphatic rings. The van der Waals surface area contributed by atoms with Crippen molar-refractivity contribution in [3.8, 4) is 66.8 Å². The van der Waals surface area contributed by atoms with Crippen LogP contribution >= 0.6 is 0 Å². The first-order valence-corrected chi connectivity index (χ1v) is 17.2. The fourth-order valence-electron chi connectivity index (χ4n) is 6.99. The van der Waals surface area contributed by atoms with Crippen molar-refractivity contribution in [3.63, 3.8) is 0 Å². The summed E-state index contributed by atoms with van der Waals surface area (Å²) in [4.78, 5) is 14.1. The molecule has 0 atom stereocenters. The molecule has 0 saturated carbocycles. The lowest BCUT2D eigenvalue weighted by Crippen LogP contribution is -2.02. The molecule has 0 bridgehead atoms. The molecule has 1 aromatic heterocycles. The molecular formula is C49H32O2. The molecule has 51 heavy (non-hydrogen) atoms. The second-order valence-corrected chi connectivity index (χ2v) is 12.9. The van der Waals surface area contributed by atoms with Gasteiger partial charge in [-0.05, 0) is 115 Å². The summed E-state index contributed by atoms with van der Waals surface area (Å²) in [7, 11) is 0. The lowest BCUT2D eigenvalue weighted by Gasteiger charge is -2.10. The summed E-state index contributed by atoms with van der Waals surface area (Å²) in [5.74, 6) is 0. The van der Waals surface area contributed by atoms with Gasteiger partial charge in [0.25, 0.3) is 0 Å². The van der Waals surface area contributed by atoms with E-state index in [2.05, 4.69) is 146 Å². The van der Waals surface area contributed by atoms with Gasteiger partial charge in [-0.1, -0.05) is 146 Å². The highest BCUT2D eigenvalue weighted by atomic mass is 16.3. The van der Waals surface area contributed by atoms with Crippen molar-refractivity contribution in [2.24, 2.45) is 0 Å². The Labute approximate surface area is 296 Å². The predicted molar refractivity (Wildman–Crippen MR) is 213 cm³/mol. The summed E-state index contributed by atoms with van der Waals surface area (Å²) in [5, 5.41) is 1.14. The van der Waals surface area contributed by atoms with Crippen LogP contribution in [0.3, 0.4) is 0 Å². The van der Waals surface area contributed by atoms with Crippen LogP contribution in [0.4, 0.5) is 0 Å². The third kappa shape index (κ3) is 5.94. The highest BCUT2D eigenvalue weighted by molar-refractivity contribution is 5.94. The van der Waals surface area contributed by atoms with Crippen LogP contribution in [0.2, 0.25) is 0 Å². The maximum atomic E-state index is 14.1. The van der Waals surface area contributed by atoms with Crippen LogP contribution < -0.4 is 5.43 Å². The van der Waals surface area contributed by atoms with E-state index < -0.39 is 0 Å². The Morgan fingerprint density at radius 2 is 0.529 bits per heavy atom. The third-order valence-corrected chi connectivity index (χ3v) is 9.67. The van der Waals surface area contributed by atoms with Crippen LogP contribution in [0.25, 0.3) is 88.7 Å². The molecule has 0 aliphatic heterocycles. The van der Waals surface area contributed by atoms with Gasteiger partial charge in [0.05, 0.1) is 10.8 Å². The Hall–Kier alpha value is -6.77. The Morgan fingerprint density at radius 3 is 0.863 bits per heavy atom. The van der Waals surface area contributed by atoms with Gasteiger partial charge < -0.3 is 4.42 Å². The molecule has 2 nitrogen and oxygen atoms in total. The molecule has 8 aromatic carbocycles. The minimum absolute atomic E-state index is 0.0339. The maximum absolute atomic E-state index is 14.1. The van der Waals surface area contributed by atoms with Crippen LogP contribution in [0, 0.1) is 0 Å². The van der Waals surface area contributed by atoms with Crippen molar-refractivity contribution in [1.29, 1.82) is 0 Å². The Bertz CT molecular complexity index is 2570. The first-order chi connectivity index (χ1) is 25.2. The summed E-state index contributed by atoms with van der Waals surface area (Å²) >= 11 is 0. The molecule has 1 heterocycles. The molecule has 0 amide bonds. The molecule has 9 rings (SSSR count). The molecule has 0 spiro atoms. The molecule has 0 radical (unpaired) electrons. The fourth-order valence-corrected chi connectivity index (χ4v) is 6.99. The van der Waals surface area contributed by atoms with Gasteiger partial charge >= 0.3 is 0 Å². The molecule has 9 aromatic rings. The van der Waals surface area contributed by atoms with E-state index in [1.54, 1.807) is 0 Å². The average Bonchev–Trinajstić information content (AvgIpc) is 3.21. The SMILES string of the molecule is O=c1c2cc(-c3cccc(-c4cccc(-c5ccccc5)c4)c3)ccc2oc2ccc(-c3cccc(-c4cccc(-c5ccccc5)c4)c3)cc12. The zero-order valence-corrected chi connectivity index (χ0v) is 27.8.